The van der Waals surface area contributed by atoms with E-state index in [1.54, 1.807) is 102 Å². The summed E-state index contributed by atoms with van der Waals surface area (Å²) < 4.78 is 81.2. The van der Waals surface area contributed by atoms with Crippen LogP contribution in [0.1, 0.15) is 138 Å². The molecule has 0 aliphatic carbocycles. The Morgan fingerprint density at radius 3 is 0.939 bits per heavy atom. The molecule has 0 bridgehead atoms. The second-order valence-corrected chi connectivity index (χ2v) is 38.6. The van der Waals surface area contributed by atoms with Gasteiger partial charge in [0.25, 0.3) is 0 Å². The molecule has 7 fully saturated rings. The molecule has 21 rings (SSSR count). The number of halogens is 4. The normalized spacial score (nSPS) is 30.4. The number of nitrogens with zero attached hydrogens (tertiary/aromatic N) is 30. The Morgan fingerprint density at radius 2 is 0.608 bits per heavy atom. The zero-order valence-corrected chi connectivity index (χ0v) is 84.4. The Bertz CT molecular complexity index is 6960. The Hall–Kier alpha value is -13.3. The van der Waals surface area contributed by atoms with Gasteiger partial charge in [-0.15, -0.1) is 20.4 Å². The lowest BCUT2D eigenvalue weighted by molar-refractivity contribution is -0.0883. The maximum absolute atomic E-state index is 14.4. The average Bonchev–Trinajstić information content (AvgIpc) is 1.59. The fourth-order valence-electron chi connectivity index (χ4n) is 19.0. The third-order valence-corrected chi connectivity index (χ3v) is 29.7. The van der Waals surface area contributed by atoms with Crippen molar-refractivity contribution in [1.82, 2.24) is 102 Å². The molecule has 7 aliphatic rings. The molecule has 0 saturated carbocycles. The summed E-state index contributed by atoms with van der Waals surface area (Å²) in [6, 6.07) is 20.9. The van der Waals surface area contributed by atoms with Crippen molar-refractivity contribution in [2.24, 2.45) is 62.7 Å². The first-order chi connectivity index (χ1) is 70.5. The number of aromatic nitrogens is 21. The van der Waals surface area contributed by atoms with Gasteiger partial charge in [-0.2, -0.15) is 35.2 Å². The van der Waals surface area contributed by atoms with Gasteiger partial charge in [0, 0.05) is 57.4 Å². The summed E-state index contributed by atoms with van der Waals surface area (Å²) in [5.74, 6) is -0.469. The van der Waals surface area contributed by atoms with E-state index < -0.39 is 153 Å². The number of nitrogen functional groups attached to an aromatic ring is 11. The van der Waals surface area contributed by atoms with E-state index in [2.05, 4.69) is 146 Å². The van der Waals surface area contributed by atoms with E-state index in [4.69, 9.17) is 113 Å². The molecule has 28 atom stereocenters. The minimum atomic E-state index is -1.55. The summed E-state index contributed by atoms with van der Waals surface area (Å²) >= 11 is 4.26. The Balaban J connectivity index is 0.000000129. The standard InChI is InChI=1S/C13H18N8O2.C12H14FIN4O2.C12H16FN5O2.C12H15IN4O3.C12H16N8O3.C12H15N7O3.C12H17N5O3/c1-6-7(2)13(5-22,19-20-16)23-10(6)8-3-4-9-11(14)17-12(15)18-21(8)9;1-5-8(3-19)20-11(9(5)13)7-2-6(14)10-12(15)16-4-17-18(7)10;1-5-8(4-19)20-10(9(5)13)6-2-3-7-11(14)16-12(15)17-18(6)7;1-5-8(3-18)20-11(10(5)19)7-2-6(13)9-12(14)15-4-16-17(7)9;1-5-8(22)9(23-12(5,4-21)18-19-15)6-2-3-7-10(13)16-11(14)17-20(6)7;1-6-9(21)10(22-12(6,4-20)17-18-14)7-2-3-8-11(13)15-5-16-19(7)8;1-5-8(4-18)20-10(9(5)19)6-2-3-7-11(13)15-12(14)16-17(6)7/h3-4,6-7,10,22H,5H2,1-2H3,(H4,14,15,17,18);2,4-5,8-9,11,19H,3H2,1H3,(H2,15,16,17);2-3,5,8-10,19H,4H2,1H3,(H4,14,15,16,17);2,4-5,8,10-11,18-19H,3H2,1H3,(H2,14,15,16);2-3,5,8-9,21-22H,4H2,1H3,(H4,13,14,16,17);2-3,5-6,9-10,20-21H,4H2,1H3,(H2,13,15,16);2-3,5,8-10,18-19H,4H2,1H3,(H4,13,14,15,16)/t6-,7+,10-,13-;5-,8-,9+,11+;5-,8-,9+,10+;5-,8-,10+,11+;5-,8-,9-,12+;6-,9-,10-,12+;5-,8-,9+,10+/m1111001/s1. The van der Waals surface area contributed by atoms with Gasteiger partial charge in [-0.3, -0.25) is 0 Å². The maximum atomic E-state index is 14.4. The first-order valence-corrected chi connectivity index (χ1v) is 48.1. The van der Waals surface area contributed by atoms with Crippen LogP contribution in [0.15, 0.2) is 107 Å². The second-order valence-electron chi connectivity index (χ2n) is 36.3. The van der Waals surface area contributed by atoms with Crippen LogP contribution in [-0.4, -0.2) is 283 Å². The molecular formula is C85H111F2I2N41O18. The quantitative estimate of drug-likeness (QED) is 0.0270. The lowest BCUT2D eigenvalue weighted by atomic mass is 9.86. The molecule has 14 aromatic rings. The van der Waals surface area contributed by atoms with Gasteiger partial charge in [0.15, 0.2) is 57.9 Å². The Kier molecular flexibility index (Phi) is 32.5. The number of ether oxygens (including phenoxy) is 7. The molecular weight excluding hydrogens is 2180 g/mol. The number of anilines is 11. The summed E-state index contributed by atoms with van der Waals surface area (Å²) in [4.78, 5) is 35.6. The summed E-state index contributed by atoms with van der Waals surface area (Å²) in [5, 5.41) is 147. The van der Waals surface area contributed by atoms with E-state index >= 15 is 0 Å². The smallest absolute Gasteiger partial charge is 0.240 e. The van der Waals surface area contributed by atoms with Crippen LogP contribution in [0.5, 0.6) is 0 Å². The van der Waals surface area contributed by atoms with Gasteiger partial charge in [0.05, 0.1) is 135 Å². The highest BCUT2D eigenvalue weighted by Gasteiger charge is 2.57. The summed E-state index contributed by atoms with van der Waals surface area (Å²) in [5.41, 5.74) is 93.3. The van der Waals surface area contributed by atoms with E-state index in [9.17, 15) is 65.0 Å². The Labute approximate surface area is 862 Å². The fraction of sp³-hybridized carbons (Fsp3) is 0.506. The molecule has 792 valence electrons. The number of nitrogens with two attached hydrogens (primary N) is 11. The third-order valence-electron chi connectivity index (χ3n) is 28.0. The van der Waals surface area contributed by atoms with Crippen molar-refractivity contribution in [1.29, 1.82) is 0 Å². The Morgan fingerprint density at radius 1 is 0.338 bits per heavy atom. The van der Waals surface area contributed by atoms with Crippen molar-refractivity contribution in [3.63, 3.8) is 0 Å². The molecule has 59 nitrogen and oxygen atoms in total. The van der Waals surface area contributed by atoms with E-state index in [1.165, 1.54) is 37.0 Å². The fourth-order valence-corrected chi connectivity index (χ4v) is 20.7. The van der Waals surface area contributed by atoms with E-state index in [0.717, 1.165) is 7.14 Å². The lowest BCUT2D eigenvalue weighted by Gasteiger charge is -2.25. The average molecular weight is 2290 g/mol. The molecule has 14 aromatic heterocycles. The summed E-state index contributed by atoms with van der Waals surface area (Å²) in [7, 11) is 0. The second kappa shape index (κ2) is 44.2. The first kappa shape index (κ1) is 109. The largest absolute Gasteiger partial charge is 0.394 e. The van der Waals surface area contributed by atoms with Crippen molar-refractivity contribution in [3.05, 3.63) is 170 Å². The molecule has 7 saturated heterocycles. The van der Waals surface area contributed by atoms with Crippen LogP contribution in [0.2, 0.25) is 0 Å². The van der Waals surface area contributed by atoms with E-state index in [0.29, 0.717) is 95.9 Å². The zero-order chi connectivity index (χ0) is 107. The predicted molar refractivity (Wildman–Crippen MR) is 539 cm³/mol. The van der Waals surface area contributed by atoms with Crippen LogP contribution in [-0.2, 0) is 33.2 Å². The van der Waals surface area contributed by atoms with Crippen molar-refractivity contribution in [3.8, 4) is 0 Å². The van der Waals surface area contributed by atoms with Gasteiger partial charge in [-0.25, -0.2) is 55.3 Å². The molecule has 0 radical (unpaired) electrons. The lowest BCUT2D eigenvalue weighted by Crippen LogP contribution is -2.37. The van der Waals surface area contributed by atoms with Gasteiger partial charge in [-0.1, -0.05) is 70.7 Å². The highest BCUT2D eigenvalue weighted by molar-refractivity contribution is 14.1. The van der Waals surface area contributed by atoms with Crippen LogP contribution >= 0.6 is 45.2 Å². The van der Waals surface area contributed by atoms with Gasteiger partial charge in [-0.05, 0) is 146 Å². The monoisotopic (exact) mass is 2290 g/mol. The zero-order valence-electron chi connectivity index (χ0n) is 80.1. The SMILES string of the molecule is C[C@H]1[C@H](F)[C@H](c2cc(I)c3c(N)ncnn23)O[C@@H]1CO.C[C@H]1[C@H](F)[C@H](c2ccc3c(N)nc(N)nn23)O[C@@H]1CO.C[C@H]1[C@H](O)[C@H](c2cc(I)c3c(N)ncnn23)O[C@@H]1CO.C[C@H]1[C@H](O)[C@H](c2ccc3c(N)nc(N)nn23)O[C@@H]1CO.C[C@H]1[C@H](O)[C@H](c2ccc3c(N)nc(N)nn23)O[C@@]1(CO)N=[N+]=[N-].C[C@H]1[C@H](O)[C@H](c2ccc3c(N)ncnn23)O[C@@]1(CO)N=[N+]=[N-].C[C@H]1[C@H](c2ccc3c(N)nc(N)nn23)O[C@@](CO)(N=[N+]=[N-])[C@H]1C. The number of fused-ring (bicyclic) bond motifs is 7. The van der Waals surface area contributed by atoms with Crippen molar-refractivity contribution in [2.75, 3.05) is 109 Å². The molecule has 0 spiro atoms. The van der Waals surface area contributed by atoms with E-state index in [-0.39, 0.29) is 109 Å². The maximum Gasteiger partial charge on any atom is 0.240 e. The highest BCUT2D eigenvalue weighted by atomic mass is 127. The molecule has 63 heteroatoms. The number of hydrogen-bond acceptors (Lipinski definition) is 46. The molecule has 148 heavy (non-hydrogen) atoms. The number of rotatable bonds is 17. The van der Waals surface area contributed by atoms with Crippen LogP contribution in [0.25, 0.3) is 69.9 Å². The van der Waals surface area contributed by atoms with Crippen LogP contribution < -0.4 is 63.1 Å². The van der Waals surface area contributed by atoms with Crippen LogP contribution in [0, 0.1) is 54.5 Å². The minimum Gasteiger partial charge on any atom is -0.394 e. The molecule has 0 unspecified atom stereocenters. The predicted octanol–water partition coefficient (Wildman–Crippen LogP) is 2.87. The van der Waals surface area contributed by atoms with Gasteiger partial charge >= 0.3 is 0 Å². The molecule has 7 aliphatic heterocycles. The topological polar surface area (TPSA) is 931 Å². The third kappa shape index (κ3) is 19.9. The van der Waals surface area contributed by atoms with Crippen molar-refractivity contribution < 1.29 is 98.1 Å². The number of aliphatic hydroxyl groups is 11. The molecule has 21 heterocycles. The van der Waals surface area contributed by atoms with Gasteiger partial charge in [0.1, 0.15) is 113 Å². The number of hydrogen-bond donors (Lipinski definition) is 22. The van der Waals surface area contributed by atoms with Crippen LogP contribution in [0.3, 0.4) is 0 Å². The summed E-state index contributed by atoms with van der Waals surface area (Å²) in [6.07, 6.45) is -8.49. The minimum absolute atomic E-state index is 0.00705. The number of azide groups is 3. The summed E-state index contributed by atoms with van der Waals surface area (Å²) in [6.45, 7) is 12.1. The van der Waals surface area contributed by atoms with Crippen molar-refractivity contribution >= 4 is 148 Å². The first-order valence-electron chi connectivity index (χ1n) is 45.9. The van der Waals surface area contributed by atoms with Gasteiger partial charge < -0.3 is 152 Å². The molecule has 0 amide bonds. The van der Waals surface area contributed by atoms with Crippen LogP contribution in [0.4, 0.5) is 73.3 Å². The van der Waals surface area contributed by atoms with Crippen molar-refractivity contribution in [2.45, 2.75) is 176 Å². The number of aliphatic hydroxyl groups excluding tert-OH is 11. The highest BCUT2D eigenvalue weighted by Crippen LogP contribution is 2.52. The van der Waals surface area contributed by atoms with Gasteiger partial charge in [0.2, 0.25) is 23.8 Å². The van der Waals surface area contributed by atoms with E-state index in [1.807, 2.05) is 39.8 Å². The molecule has 33 N–H and O–H groups in total. The molecule has 0 aromatic carbocycles. The number of alkyl halides is 2.